The van der Waals surface area contributed by atoms with Gasteiger partial charge in [0.2, 0.25) is 0 Å². The Kier molecular flexibility index (Phi) is 6.17. The van der Waals surface area contributed by atoms with Crippen LogP contribution in [-0.2, 0) is 5.72 Å². The summed E-state index contributed by atoms with van der Waals surface area (Å²) in [5.41, 5.74) is 3.36. The second-order valence-corrected chi connectivity index (χ2v) is 8.07. The predicted molar refractivity (Wildman–Crippen MR) is 120 cm³/mol. The van der Waals surface area contributed by atoms with Gasteiger partial charge < -0.3 is 26.8 Å². The van der Waals surface area contributed by atoms with Gasteiger partial charge in [0.1, 0.15) is 11.4 Å². The minimum atomic E-state index is -1.02. The van der Waals surface area contributed by atoms with E-state index in [9.17, 15) is 5.11 Å². The topological polar surface area (TPSA) is 35.7 Å². The Bertz CT molecular complexity index is 1060. The van der Waals surface area contributed by atoms with Crippen LogP contribution < -0.4 is 26.6 Å². The van der Waals surface area contributed by atoms with Crippen molar-refractivity contribution < 1.29 is 31.4 Å². The van der Waals surface area contributed by atoms with E-state index in [1.54, 1.807) is 7.11 Å². The number of β-amino-alcohol motifs (C(OH)–C–C–N with tert-alkyl or cyclic N) is 1. The fraction of sp³-hybridized carbons (Fsp3) is 0.269. The van der Waals surface area contributed by atoms with Crippen LogP contribution in [0.4, 0.5) is 5.69 Å². The van der Waals surface area contributed by atoms with Gasteiger partial charge in [0.25, 0.3) is 11.6 Å². The Morgan fingerprint density at radius 2 is 1.55 bits per heavy atom. The van der Waals surface area contributed by atoms with Crippen LogP contribution in [0.15, 0.2) is 78.9 Å². The van der Waals surface area contributed by atoms with Gasteiger partial charge in [0, 0.05) is 12.0 Å². The van der Waals surface area contributed by atoms with Crippen LogP contribution in [0.5, 0.6) is 5.75 Å². The Labute approximate surface area is 194 Å². The molecule has 0 saturated heterocycles. The van der Waals surface area contributed by atoms with Crippen molar-refractivity contribution >= 4 is 11.5 Å². The number of hydrogen-bond donors (Lipinski definition) is 1. The molecule has 4 nitrogen and oxygen atoms in total. The second kappa shape index (κ2) is 8.85. The molecule has 0 radical (unpaired) electrons. The number of rotatable bonds is 4. The highest BCUT2D eigenvalue weighted by molar-refractivity contribution is 5.96. The third kappa shape index (κ3) is 3.88. The maximum absolute atomic E-state index is 11.9. The molecule has 0 fully saturated rings. The molecule has 160 valence electrons. The number of nitrogens with zero attached hydrogens (tertiary/aromatic N) is 2. The first-order valence-electron chi connectivity index (χ1n) is 10.6. The highest BCUT2D eigenvalue weighted by Crippen LogP contribution is 2.36. The maximum Gasteiger partial charge on any atom is 0.271 e. The van der Waals surface area contributed by atoms with Crippen molar-refractivity contribution in [3.05, 3.63) is 84.4 Å². The van der Waals surface area contributed by atoms with Crippen molar-refractivity contribution in [1.82, 2.24) is 0 Å². The number of methoxy groups -OCH3 is 1. The van der Waals surface area contributed by atoms with Gasteiger partial charge >= 0.3 is 0 Å². The minimum Gasteiger partial charge on any atom is -1.00 e. The molecule has 2 heterocycles. The summed E-state index contributed by atoms with van der Waals surface area (Å²) in [5.74, 6) is 2.05. The SMILES string of the molecule is COc1ccc(N2CC(O)(c3ccc(-c4ccccc4)cc3)[N+]3=C2CCCC3)cc1.[Br-]. The van der Waals surface area contributed by atoms with E-state index in [1.807, 2.05) is 18.2 Å². The van der Waals surface area contributed by atoms with Crippen LogP contribution in [0.2, 0.25) is 0 Å². The van der Waals surface area contributed by atoms with E-state index in [-0.39, 0.29) is 17.0 Å². The third-order valence-electron chi connectivity index (χ3n) is 6.32. The average Bonchev–Trinajstić information content (AvgIpc) is 3.14. The highest BCUT2D eigenvalue weighted by atomic mass is 79.9. The Balaban J connectivity index is 0.00000231. The Hall–Kier alpha value is -2.63. The molecule has 0 saturated carbocycles. The standard InChI is InChI=1S/C26H27N2O2.BrH/c1-30-24-16-14-23(15-17-24)27-19-26(29,28-18-6-5-9-25(27)28)22-12-10-21(11-13-22)20-7-3-2-4-8-20;/h2-4,7-8,10-17,29H,5-6,9,18-19H2,1H3;1H/q+1;/p-1. The van der Waals surface area contributed by atoms with E-state index in [4.69, 9.17) is 4.74 Å². The van der Waals surface area contributed by atoms with E-state index in [0.717, 1.165) is 48.4 Å². The molecule has 1 unspecified atom stereocenters. The van der Waals surface area contributed by atoms with Gasteiger partial charge in [-0.15, -0.1) is 0 Å². The molecule has 5 rings (SSSR count). The zero-order valence-corrected chi connectivity index (χ0v) is 19.3. The van der Waals surface area contributed by atoms with Crippen molar-refractivity contribution in [1.29, 1.82) is 0 Å². The monoisotopic (exact) mass is 478 g/mol. The normalized spacial score (nSPS) is 20.3. The molecule has 0 bridgehead atoms. The molecule has 0 amide bonds. The van der Waals surface area contributed by atoms with Gasteiger partial charge in [0.15, 0.2) is 6.54 Å². The summed E-state index contributed by atoms with van der Waals surface area (Å²) in [7, 11) is 1.68. The molecule has 0 aromatic heterocycles. The molecule has 5 heteroatoms. The van der Waals surface area contributed by atoms with E-state index in [2.05, 4.69) is 70.1 Å². The van der Waals surface area contributed by atoms with Gasteiger partial charge in [-0.3, -0.25) is 0 Å². The highest BCUT2D eigenvalue weighted by Gasteiger charge is 2.52. The lowest BCUT2D eigenvalue weighted by molar-refractivity contribution is -0.661. The summed E-state index contributed by atoms with van der Waals surface area (Å²) < 4.78 is 7.52. The number of hydrogen-bond acceptors (Lipinski definition) is 3. The summed E-state index contributed by atoms with van der Waals surface area (Å²) in [4.78, 5) is 2.27. The van der Waals surface area contributed by atoms with Crippen LogP contribution in [0.3, 0.4) is 0 Å². The molecule has 31 heavy (non-hydrogen) atoms. The van der Waals surface area contributed by atoms with Crippen molar-refractivity contribution in [3.8, 4) is 16.9 Å². The van der Waals surface area contributed by atoms with Crippen molar-refractivity contribution in [2.75, 3.05) is 25.1 Å². The third-order valence-corrected chi connectivity index (χ3v) is 6.32. The molecule has 3 aromatic rings. The fourth-order valence-electron chi connectivity index (χ4n) is 4.70. The van der Waals surface area contributed by atoms with Gasteiger partial charge in [-0.25, -0.2) is 9.48 Å². The smallest absolute Gasteiger partial charge is 0.271 e. The Morgan fingerprint density at radius 3 is 2.23 bits per heavy atom. The average molecular weight is 479 g/mol. The summed E-state index contributed by atoms with van der Waals surface area (Å²) in [6.45, 7) is 1.40. The fourth-order valence-corrected chi connectivity index (χ4v) is 4.70. The van der Waals surface area contributed by atoms with Gasteiger partial charge in [0.05, 0.1) is 13.7 Å². The molecule has 0 aliphatic carbocycles. The number of ether oxygens (including phenoxy) is 1. The molecule has 2 aliphatic heterocycles. The Morgan fingerprint density at radius 1 is 0.871 bits per heavy atom. The first-order chi connectivity index (χ1) is 14.7. The lowest BCUT2D eigenvalue weighted by Crippen LogP contribution is -3.00. The molecule has 1 N–H and O–H groups in total. The van der Waals surface area contributed by atoms with Crippen LogP contribution in [-0.4, -0.2) is 35.7 Å². The number of aliphatic hydroxyl groups is 1. The van der Waals surface area contributed by atoms with E-state index in [0.29, 0.717) is 6.54 Å². The van der Waals surface area contributed by atoms with E-state index < -0.39 is 5.72 Å². The molecule has 0 spiro atoms. The first kappa shape index (κ1) is 21.6. The first-order valence-corrected chi connectivity index (χ1v) is 10.6. The molecular weight excluding hydrogens is 452 g/mol. The van der Waals surface area contributed by atoms with Crippen LogP contribution in [0.25, 0.3) is 11.1 Å². The zero-order valence-electron chi connectivity index (χ0n) is 17.7. The number of benzene rings is 3. The molecule has 2 aliphatic rings. The lowest BCUT2D eigenvalue weighted by Gasteiger charge is -2.24. The zero-order chi connectivity index (χ0) is 20.6. The van der Waals surface area contributed by atoms with E-state index >= 15 is 0 Å². The van der Waals surface area contributed by atoms with Crippen molar-refractivity contribution in [2.24, 2.45) is 0 Å². The van der Waals surface area contributed by atoms with Crippen LogP contribution in [0.1, 0.15) is 24.8 Å². The van der Waals surface area contributed by atoms with Crippen LogP contribution in [0, 0.1) is 0 Å². The molecule has 1 atom stereocenters. The predicted octanol–water partition coefficient (Wildman–Crippen LogP) is 1.63. The summed E-state index contributed by atoms with van der Waals surface area (Å²) in [6.07, 6.45) is 3.24. The second-order valence-electron chi connectivity index (χ2n) is 8.07. The largest absolute Gasteiger partial charge is 1.00 e. The minimum absolute atomic E-state index is 0. The van der Waals surface area contributed by atoms with Gasteiger partial charge in [-0.2, -0.15) is 0 Å². The summed E-state index contributed by atoms with van der Waals surface area (Å²) in [6, 6.07) is 26.8. The van der Waals surface area contributed by atoms with E-state index in [1.165, 1.54) is 11.4 Å². The van der Waals surface area contributed by atoms with Gasteiger partial charge in [-0.1, -0.05) is 54.6 Å². The number of anilines is 1. The number of amidine groups is 1. The quantitative estimate of drug-likeness (QED) is 0.578. The van der Waals surface area contributed by atoms with Crippen molar-refractivity contribution in [3.63, 3.8) is 0 Å². The summed E-state index contributed by atoms with van der Waals surface area (Å²) >= 11 is 0. The number of halogens is 1. The molecular formula is C26H27BrN2O2. The summed E-state index contributed by atoms with van der Waals surface area (Å²) in [5, 5.41) is 11.9. The molecule has 3 aromatic carbocycles. The lowest BCUT2D eigenvalue weighted by atomic mass is 9.97. The van der Waals surface area contributed by atoms with Crippen LogP contribution >= 0.6 is 0 Å². The van der Waals surface area contributed by atoms with Gasteiger partial charge in [-0.05, 0) is 48.2 Å². The van der Waals surface area contributed by atoms with Crippen molar-refractivity contribution in [2.45, 2.75) is 25.0 Å². The maximum atomic E-state index is 11.9.